The van der Waals surface area contributed by atoms with Gasteiger partial charge < -0.3 is 5.32 Å². The lowest BCUT2D eigenvalue weighted by Crippen LogP contribution is -2.29. The minimum absolute atomic E-state index is 0.0180. The van der Waals surface area contributed by atoms with E-state index in [1.807, 2.05) is 38.1 Å². The molecule has 1 N–H and O–H groups in total. The quantitative estimate of drug-likeness (QED) is 0.769. The third kappa shape index (κ3) is 5.00. The van der Waals surface area contributed by atoms with E-state index in [0.717, 1.165) is 24.8 Å². The first-order valence-electron chi connectivity index (χ1n) is 9.83. The van der Waals surface area contributed by atoms with Gasteiger partial charge in [0.25, 0.3) is 5.91 Å². The molecular formula is C22H28N2O3S. The first-order chi connectivity index (χ1) is 13.4. The van der Waals surface area contributed by atoms with Gasteiger partial charge in [-0.1, -0.05) is 48.9 Å². The molecule has 3 rings (SSSR count). The topological polar surface area (TPSA) is 66.5 Å². The Hall–Kier alpha value is -2.18. The Morgan fingerprint density at radius 2 is 1.64 bits per heavy atom. The molecule has 2 aromatic rings. The van der Waals surface area contributed by atoms with Crippen molar-refractivity contribution in [3.05, 3.63) is 70.8 Å². The van der Waals surface area contributed by atoms with Crippen molar-refractivity contribution in [3.63, 3.8) is 0 Å². The molecule has 28 heavy (non-hydrogen) atoms. The van der Waals surface area contributed by atoms with Crippen LogP contribution in [0, 0.1) is 6.92 Å². The molecule has 0 bridgehead atoms. The summed E-state index contributed by atoms with van der Waals surface area (Å²) in [7, 11) is -3.28. The number of sulfonamides is 1. The highest BCUT2D eigenvalue weighted by Crippen LogP contribution is 2.20. The number of rotatable bonds is 7. The maximum atomic E-state index is 12.6. The number of nitrogens with zero attached hydrogens (tertiary/aromatic N) is 1. The summed E-state index contributed by atoms with van der Waals surface area (Å²) in [6, 6.07) is 15.0. The summed E-state index contributed by atoms with van der Waals surface area (Å²) in [5.41, 5.74) is 3.50. The van der Waals surface area contributed by atoms with E-state index in [9.17, 15) is 13.2 Å². The number of carbonyl (C=O) groups is 1. The fourth-order valence-electron chi connectivity index (χ4n) is 3.48. The molecule has 0 unspecified atom stereocenters. The van der Waals surface area contributed by atoms with Gasteiger partial charge in [-0.3, -0.25) is 4.79 Å². The van der Waals surface area contributed by atoms with E-state index in [2.05, 4.69) is 5.32 Å². The Kier molecular flexibility index (Phi) is 6.52. The zero-order valence-corrected chi connectivity index (χ0v) is 17.3. The molecule has 0 radical (unpaired) electrons. The maximum absolute atomic E-state index is 12.6. The Labute approximate surface area is 167 Å². The first-order valence-corrected chi connectivity index (χ1v) is 11.4. The van der Waals surface area contributed by atoms with Crippen LogP contribution in [0.25, 0.3) is 0 Å². The maximum Gasteiger partial charge on any atom is 0.251 e. The van der Waals surface area contributed by atoms with E-state index in [0.29, 0.717) is 24.2 Å². The van der Waals surface area contributed by atoms with Crippen molar-refractivity contribution in [2.45, 2.75) is 44.9 Å². The highest BCUT2D eigenvalue weighted by molar-refractivity contribution is 7.88. The van der Waals surface area contributed by atoms with Gasteiger partial charge in [-0.25, -0.2) is 12.7 Å². The van der Waals surface area contributed by atoms with Crippen LogP contribution in [0.1, 0.15) is 59.3 Å². The van der Waals surface area contributed by atoms with E-state index in [1.54, 1.807) is 28.6 Å². The molecule has 1 aliphatic rings. The Balaban J connectivity index is 1.65. The molecule has 1 heterocycles. The molecule has 1 fully saturated rings. The normalized spacial score (nSPS) is 16.1. The van der Waals surface area contributed by atoms with E-state index >= 15 is 0 Å². The van der Waals surface area contributed by atoms with Crippen LogP contribution in [0.15, 0.2) is 48.5 Å². The highest BCUT2D eigenvalue weighted by atomic mass is 32.2. The summed E-state index contributed by atoms with van der Waals surface area (Å²) in [6.07, 6.45) is 2.65. The average Bonchev–Trinajstić information content (AvgIpc) is 3.23. The van der Waals surface area contributed by atoms with Gasteiger partial charge in [0, 0.05) is 18.7 Å². The van der Waals surface area contributed by atoms with Crippen molar-refractivity contribution in [3.8, 4) is 0 Å². The summed E-state index contributed by atoms with van der Waals surface area (Å²) in [5, 5.41) is 3.07. The second-order valence-corrected chi connectivity index (χ2v) is 9.37. The number of amides is 1. The van der Waals surface area contributed by atoms with E-state index in [4.69, 9.17) is 0 Å². The van der Waals surface area contributed by atoms with Gasteiger partial charge in [0.05, 0.1) is 11.8 Å². The van der Waals surface area contributed by atoms with Crippen molar-refractivity contribution in [2.75, 3.05) is 13.1 Å². The van der Waals surface area contributed by atoms with Crippen LogP contribution in [0.2, 0.25) is 0 Å². The molecule has 1 saturated heterocycles. The van der Waals surface area contributed by atoms with Crippen molar-refractivity contribution >= 4 is 15.9 Å². The number of nitrogens with one attached hydrogen (secondary N) is 1. The lowest BCUT2D eigenvalue weighted by atomic mass is 10.0. The average molecular weight is 401 g/mol. The standard InChI is InChI=1S/C22H28N2O3S/c1-3-21(19-10-6-17(2)7-11-19)23-22(25)20-12-8-18(9-13-20)16-28(26,27)24-14-4-5-15-24/h6-13,21H,3-5,14-16H2,1-2H3,(H,23,25)/t21-/m0/s1. The van der Waals surface area contributed by atoms with Crippen LogP contribution in [-0.2, 0) is 15.8 Å². The smallest absolute Gasteiger partial charge is 0.251 e. The van der Waals surface area contributed by atoms with Gasteiger partial charge in [0.2, 0.25) is 10.0 Å². The molecule has 0 spiro atoms. The Bertz CT molecular complexity index is 900. The van der Waals surface area contributed by atoms with Crippen LogP contribution >= 0.6 is 0 Å². The van der Waals surface area contributed by atoms with E-state index < -0.39 is 10.0 Å². The molecule has 1 amide bonds. The van der Waals surface area contributed by atoms with Gasteiger partial charge in [0.1, 0.15) is 0 Å². The third-order valence-electron chi connectivity index (χ3n) is 5.22. The highest BCUT2D eigenvalue weighted by Gasteiger charge is 2.25. The summed E-state index contributed by atoms with van der Waals surface area (Å²) >= 11 is 0. The van der Waals surface area contributed by atoms with Crippen LogP contribution in [0.4, 0.5) is 0 Å². The van der Waals surface area contributed by atoms with Gasteiger partial charge in [-0.05, 0) is 49.4 Å². The predicted octanol–water partition coefficient (Wildman–Crippen LogP) is 3.80. The second kappa shape index (κ2) is 8.88. The molecular weight excluding hydrogens is 372 g/mol. The third-order valence-corrected chi connectivity index (χ3v) is 7.07. The minimum Gasteiger partial charge on any atom is -0.345 e. The summed E-state index contributed by atoms with van der Waals surface area (Å²) < 4.78 is 26.4. The number of aryl methyl sites for hydroxylation is 1. The monoisotopic (exact) mass is 400 g/mol. The van der Waals surface area contributed by atoms with Crippen LogP contribution in [0.5, 0.6) is 0 Å². The van der Waals surface area contributed by atoms with Crippen LogP contribution in [-0.4, -0.2) is 31.7 Å². The molecule has 0 aromatic heterocycles. The summed E-state index contributed by atoms with van der Waals surface area (Å²) in [4.78, 5) is 12.6. The van der Waals surface area contributed by atoms with Gasteiger partial charge >= 0.3 is 0 Å². The van der Waals surface area contributed by atoms with Crippen molar-refractivity contribution in [1.82, 2.24) is 9.62 Å². The SMILES string of the molecule is CC[C@H](NC(=O)c1ccc(CS(=O)(=O)N2CCCC2)cc1)c1ccc(C)cc1. The molecule has 0 saturated carbocycles. The number of benzene rings is 2. The van der Waals surface area contributed by atoms with Gasteiger partial charge in [0.15, 0.2) is 0 Å². The van der Waals surface area contributed by atoms with E-state index in [1.165, 1.54) is 5.56 Å². The number of carbonyl (C=O) groups excluding carboxylic acids is 1. The molecule has 1 atom stereocenters. The largest absolute Gasteiger partial charge is 0.345 e. The molecule has 0 aliphatic carbocycles. The Morgan fingerprint density at radius 1 is 1.04 bits per heavy atom. The molecule has 150 valence electrons. The molecule has 5 nitrogen and oxygen atoms in total. The van der Waals surface area contributed by atoms with Crippen molar-refractivity contribution < 1.29 is 13.2 Å². The molecule has 6 heteroatoms. The zero-order valence-electron chi connectivity index (χ0n) is 16.5. The number of hydrogen-bond donors (Lipinski definition) is 1. The van der Waals surface area contributed by atoms with Crippen molar-refractivity contribution in [2.24, 2.45) is 0 Å². The van der Waals surface area contributed by atoms with Crippen LogP contribution in [0.3, 0.4) is 0 Å². The second-order valence-electron chi connectivity index (χ2n) is 7.40. The fraction of sp³-hybridized carbons (Fsp3) is 0.409. The molecule has 1 aliphatic heterocycles. The lowest BCUT2D eigenvalue weighted by molar-refractivity contribution is 0.0935. The Morgan fingerprint density at radius 3 is 2.21 bits per heavy atom. The summed E-state index contributed by atoms with van der Waals surface area (Å²) in [5.74, 6) is -0.170. The minimum atomic E-state index is -3.28. The molecule has 2 aromatic carbocycles. The zero-order chi connectivity index (χ0) is 20.1. The summed E-state index contributed by atoms with van der Waals surface area (Å²) in [6.45, 7) is 5.30. The predicted molar refractivity (Wildman–Crippen MR) is 112 cm³/mol. The fourth-order valence-corrected chi connectivity index (χ4v) is 5.09. The lowest BCUT2D eigenvalue weighted by Gasteiger charge is -2.18. The van der Waals surface area contributed by atoms with Gasteiger partial charge in [-0.2, -0.15) is 0 Å². The van der Waals surface area contributed by atoms with Gasteiger partial charge in [-0.15, -0.1) is 0 Å². The number of hydrogen-bond acceptors (Lipinski definition) is 3. The van der Waals surface area contributed by atoms with Crippen LogP contribution < -0.4 is 5.32 Å². The van der Waals surface area contributed by atoms with E-state index in [-0.39, 0.29) is 17.7 Å². The van der Waals surface area contributed by atoms with Crippen molar-refractivity contribution in [1.29, 1.82) is 0 Å². The first kappa shape index (κ1) is 20.6.